The number of carbonyl (C=O) groups is 1. The van der Waals surface area contributed by atoms with Crippen LogP contribution in [0.1, 0.15) is 31.2 Å². The lowest BCUT2D eigenvalue weighted by Crippen LogP contribution is -2.47. The highest BCUT2D eigenvalue weighted by Gasteiger charge is 2.39. The molecule has 3 unspecified atom stereocenters. The van der Waals surface area contributed by atoms with E-state index in [4.69, 9.17) is 9.47 Å². The van der Waals surface area contributed by atoms with E-state index >= 15 is 0 Å². The van der Waals surface area contributed by atoms with E-state index in [-0.39, 0.29) is 12.5 Å². The van der Waals surface area contributed by atoms with Crippen LogP contribution < -0.4 is 15.4 Å². The quantitative estimate of drug-likeness (QED) is 0.376. The Kier molecular flexibility index (Phi) is 7.75. The SMILES string of the molecule is COc1ccc(COCCNC(=NCC(=O)N(C)C)NC2CC3CCC2C3)cc1. The van der Waals surface area contributed by atoms with Crippen molar-refractivity contribution in [2.24, 2.45) is 16.8 Å². The molecule has 1 aromatic carbocycles. The van der Waals surface area contributed by atoms with Gasteiger partial charge in [0.2, 0.25) is 5.91 Å². The average Bonchev–Trinajstić information content (AvgIpc) is 3.34. The van der Waals surface area contributed by atoms with E-state index in [1.54, 1.807) is 26.1 Å². The predicted molar refractivity (Wildman–Crippen MR) is 114 cm³/mol. The van der Waals surface area contributed by atoms with E-state index in [0.29, 0.717) is 31.8 Å². The van der Waals surface area contributed by atoms with E-state index < -0.39 is 0 Å². The van der Waals surface area contributed by atoms with Crippen molar-refractivity contribution in [2.75, 3.05) is 40.9 Å². The largest absolute Gasteiger partial charge is 0.497 e. The van der Waals surface area contributed by atoms with Crippen LogP contribution >= 0.6 is 0 Å². The number of nitrogens with one attached hydrogen (secondary N) is 2. The first-order chi connectivity index (χ1) is 14.0. The standard InChI is InChI=1S/C22H34N4O3/c1-26(2)21(27)14-24-22(25-20-13-17-4-7-18(20)12-17)23-10-11-29-15-16-5-8-19(28-3)9-6-16/h5-6,8-9,17-18,20H,4,7,10-15H2,1-3H3,(H2,23,24,25). The van der Waals surface area contributed by atoms with E-state index in [2.05, 4.69) is 15.6 Å². The summed E-state index contributed by atoms with van der Waals surface area (Å²) in [6, 6.07) is 8.34. The molecule has 0 radical (unpaired) electrons. The number of likely N-dealkylation sites (N-methyl/N-ethyl adjacent to an activating group) is 1. The second-order valence-electron chi connectivity index (χ2n) is 8.21. The lowest BCUT2D eigenvalue weighted by Gasteiger charge is -2.25. The summed E-state index contributed by atoms with van der Waals surface area (Å²) in [4.78, 5) is 18.0. The number of rotatable bonds is 9. The van der Waals surface area contributed by atoms with E-state index in [9.17, 15) is 4.79 Å². The first-order valence-corrected chi connectivity index (χ1v) is 10.5. The van der Waals surface area contributed by atoms with Gasteiger partial charge in [0.1, 0.15) is 12.3 Å². The molecular weight excluding hydrogens is 368 g/mol. The van der Waals surface area contributed by atoms with Crippen LogP contribution in [0.4, 0.5) is 0 Å². The first kappa shape index (κ1) is 21.4. The molecule has 2 aliphatic rings. The van der Waals surface area contributed by atoms with Gasteiger partial charge >= 0.3 is 0 Å². The summed E-state index contributed by atoms with van der Waals surface area (Å²) in [5.41, 5.74) is 1.11. The number of nitrogens with zero attached hydrogens (tertiary/aromatic N) is 2. The summed E-state index contributed by atoms with van der Waals surface area (Å²) >= 11 is 0. The fourth-order valence-corrected chi connectivity index (χ4v) is 4.19. The molecule has 29 heavy (non-hydrogen) atoms. The number of guanidine groups is 1. The van der Waals surface area contributed by atoms with E-state index in [0.717, 1.165) is 23.1 Å². The summed E-state index contributed by atoms with van der Waals surface area (Å²) < 4.78 is 10.9. The van der Waals surface area contributed by atoms with Crippen LogP contribution in [0.15, 0.2) is 29.3 Å². The molecule has 0 saturated heterocycles. The Morgan fingerprint density at radius 1 is 1.21 bits per heavy atom. The maximum absolute atomic E-state index is 11.9. The van der Waals surface area contributed by atoms with Crippen LogP contribution in [-0.4, -0.2) is 63.7 Å². The fourth-order valence-electron chi connectivity index (χ4n) is 4.19. The smallest absolute Gasteiger partial charge is 0.243 e. The van der Waals surface area contributed by atoms with Gasteiger partial charge in [0.25, 0.3) is 0 Å². The van der Waals surface area contributed by atoms with Crippen LogP contribution in [0.25, 0.3) is 0 Å². The molecule has 0 spiro atoms. The number of amides is 1. The molecule has 2 saturated carbocycles. The summed E-state index contributed by atoms with van der Waals surface area (Å²) in [6.45, 7) is 1.90. The molecule has 7 nitrogen and oxygen atoms in total. The highest BCUT2D eigenvalue weighted by atomic mass is 16.5. The number of hydrogen-bond acceptors (Lipinski definition) is 4. The van der Waals surface area contributed by atoms with Crippen molar-refractivity contribution in [2.45, 2.75) is 38.3 Å². The molecule has 0 aliphatic heterocycles. The number of hydrogen-bond donors (Lipinski definition) is 2. The minimum Gasteiger partial charge on any atom is -0.497 e. The summed E-state index contributed by atoms with van der Waals surface area (Å²) in [6.07, 6.45) is 5.20. The monoisotopic (exact) mass is 402 g/mol. The zero-order chi connectivity index (χ0) is 20.6. The molecule has 3 atom stereocenters. The molecule has 0 heterocycles. The van der Waals surface area contributed by atoms with Crippen molar-refractivity contribution >= 4 is 11.9 Å². The Labute approximate surface area is 173 Å². The van der Waals surface area contributed by atoms with Crippen molar-refractivity contribution in [3.8, 4) is 5.75 Å². The van der Waals surface area contributed by atoms with Crippen molar-refractivity contribution < 1.29 is 14.3 Å². The van der Waals surface area contributed by atoms with Gasteiger partial charge in [-0.15, -0.1) is 0 Å². The molecule has 3 rings (SSSR count). The lowest BCUT2D eigenvalue weighted by molar-refractivity contribution is -0.127. The highest BCUT2D eigenvalue weighted by Crippen LogP contribution is 2.44. The summed E-state index contributed by atoms with van der Waals surface area (Å²) in [7, 11) is 5.16. The number of benzene rings is 1. The van der Waals surface area contributed by atoms with Gasteiger partial charge in [-0.05, 0) is 48.8 Å². The molecule has 2 aliphatic carbocycles. The van der Waals surface area contributed by atoms with Crippen molar-refractivity contribution in [1.82, 2.24) is 15.5 Å². The summed E-state index contributed by atoms with van der Waals surface area (Å²) in [5, 5.41) is 6.89. The third kappa shape index (κ3) is 6.35. The highest BCUT2D eigenvalue weighted by molar-refractivity contribution is 5.85. The maximum atomic E-state index is 11.9. The van der Waals surface area contributed by atoms with Gasteiger partial charge in [-0.3, -0.25) is 4.79 Å². The molecule has 2 N–H and O–H groups in total. The van der Waals surface area contributed by atoms with Gasteiger partial charge in [-0.1, -0.05) is 18.6 Å². The molecule has 7 heteroatoms. The van der Waals surface area contributed by atoms with Crippen LogP contribution in [0.5, 0.6) is 5.75 Å². The molecule has 1 amide bonds. The molecule has 0 aromatic heterocycles. The predicted octanol–water partition coefficient (Wildman–Crippen LogP) is 2.02. The number of fused-ring (bicyclic) bond motifs is 2. The van der Waals surface area contributed by atoms with Gasteiger partial charge in [-0.2, -0.15) is 0 Å². The second-order valence-corrected chi connectivity index (χ2v) is 8.21. The zero-order valence-corrected chi connectivity index (χ0v) is 17.8. The van der Waals surface area contributed by atoms with Gasteiger partial charge < -0.3 is 25.0 Å². The Balaban J connectivity index is 1.44. The van der Waals surface area contributed by atoms with Crippen LogP contribution in [0.3, 0.4) is 0 Å². The minimum absolute atomic E-state index is 0.00482. The third-order valence-corrected chi connectivity index (χ3v) is 5.90. The Hall–Kier alpha value is -2.28. The number of carbonyl (C=O) groups excluding carboxylic acids is 1. The van der Waals surface area contributed by atoms with Gasteiger partial charge in [-0.25, -0.2) is 4.99 Å². The van der Waals surface area contributed by atoms with E-state index in [1.807, 2.05) is 24.3 Å². The normalized spacial score (nSPS) is 23.1. The maximum Gasteiger partial charge on any atom is 0.243 e. The Bertz CT molecular complexity index is 690. The average molecular weight is 403 g/mol. The van der Waals surface area contributed by atoms with E-state index in [1.165, 1.54) is 25.7 Å². The minimum atomic E-state index is -0.00482. The Morgan fingerprint density at radius 2 is 2.00 bits per heavy atom. The first-order valence-electron chi connectivity index (χ1n) is 10.5. The van der Waals surface area contributed by atoms with Crippen molar-refractivity contribution in [1.29, 1.82) is 0 Å². The molecule has 2 fully saturated rings. The van der Waals surface area contributed by atoms with Gasteiger partial charge in [0.05, 0.1) is 20.3 Å². The fraction of sp³-hybridized carbons (Fsp3) is 0.636. The van der Waals surface area contributed by atoms with Gasteiger partial charge in [0.15, 0.2) is 5.96 Å². The lowest BCUT2D eigenvalue weighted by atomic mass is 9.95. The van der Waals surface area contributed by atoms with Crippen LogP contribution in [0, 0.1) is 11.8 Å². The molecule has 160 valence electrons. The summed E-state index contributed by atoms with van der Waals surface area (Å²) in [5.74, 6) is 3.15. The molecular formula is C22H34N4O3. The molecule has 2 bridgehead atoms. The number of methoxy groups -OCH3 is 1. The Morgan fingerprint density at radius 3 is 2.62 bits per heavy atom. The third-order valence-electron chi connectivity index (χ3n) is 5.90. The topological polar surface area (TPSA) is 75.2 Å². The number of aliphatic imine (C=N–C) groups is 1. The van der Waals surface area contributed by atoms with Crippen molar-refractivity contribution in [3.63, 3.8) is 0 Å². The van der Waals surface area contributed by atoms with Gasteiger partial charge in [0, 0.05) is 26.7 Å². The number of ether oxygens (including phenoxy) is 2. The zero-order valence-electron chi connectivity index (χ0n) is 17.8. The second kappa shape index (κ2) is 10.5. The van der Waals surface area contributed by atoms with Crippen LogP contribution in [-0.2, 0) is 16.1 Å². The van der Waals surface area contributed by atoms with Crippen molar-refractivity contribution in [3.05, 3.63) is 29.8 Å². The van der Waals surface area contributed by atoms with Crippen LogP contribution in [0.2, 0.25) is 0 Å². The molecule has 1 aromatic rings.